The maximum absolute atomic E-state index is 6.23. The first kappa shape index (κ1) is 15.1. The van der Waals surface area contributed by atoms with Gasteiger partial charge in [-0.25, -0.2) is 0 Å². The molecule has 0 spiro atoms. The lowest BCUT2D eigenvalue weighted by molar-refractivity contribution is 0.0196. The standard InChI is InChI=1S/C13H20ClNO3/c1-9(2)8-18-15-7-10-5-6-11(16-3)13(17-4)12(10)14/h5-6,9,15H,7-8H2,1-4H3. The molecule has 4 nitrogen and oxygen atoms in total. The van der Waals surface area contributed by atoms with Gasteiger partial charge in [0.2, 0.25) is 0 Å². The van der Waals surface area contributed by atoms with Crippen LogP contribution < -0.4 is 15.0 Å². The third-order valence-electron chi connectivity index (χ3n) is 2.35. The van der Waals surface area contributed by atoms with Gasteiger partial charge in [-0.05, 0) is 17.5 Å². The highest BCUT2D eigenvalue weighted by molar-refractivity contribution is 6.33. The lowest BCUT2D eigenvalue weighted by atomic mass is 10.2. The first-order valence-electron chi connectivity index (χ1n) is 5.84. The number of hydroxylamine groups is 1. The second-order valence-corrected chi connectivity index (χ2v) is 4.68. The summed E-state index contributed by atoms with van der Waals surface area (Å²) in [6.45, 7) is 5.35. The topological polar surface area (TPSA) is 39.7 Å². The zero-order valence-corrected chi connectivity index (χ0v) is 12.0. The first-order chi connectivity index (χ1) is 8.60. The van der Waals surface area contributed by atoms with Gasteiger partial charge in [-0.2, -0.15) is 5.48 Å². The summed E-state index contributed by atoms with van der Waals surface area (Å²) in [5.41, 5.74) is 3.78. The molecule has 0 unspecified atom stereocenters. The van der Waals surface area contributed by atoms with Crippen molar-refractivity contribution in [2.24, 2.45) is 5.92 Å². The van der Waals surface area contributed by atoms with Crippen molar-refractivity contribution in [3.63, 3.8) is 0 Å². The Balaban J connectivity index is 2.66. The molecule has 0 radical (unpaired) electrons. The predicted molar refractivity (Wildman–Crippen MR) is 72.2 cm³/mol. The van der Waals surface area contributed by atoms with E-state index in [9.17, 15) is 0 Å². The van der Waals surface area contributed by atoms with Gasteiger partial charge in [-0.3, -0.25) is 0 Å². The molecule has 0 amide bonds. The zero-order valence-electron chi connectivity index (χ0n) is 11.2. The number of hydrogen-bond acceptors (Lipinski definition) is 4. The maximum atomic E-state index is 6.23. The molecule has 0 saturated heterocycles. The van der Waals surface area contributed by atoms with Crippen LogP contribution in [0.3, 0.4) is 0 Å². The lowest BCUT2D eigenvalue weighted by Crippen LogP contribution is -2.17. The van der Waals surface area contributed by atoms with Gasteiger partial charge in [0.05, 0.1) is 25.8 Å². The van der Waals surface area contributed by atoms with E-state index in [1.54, 1.807) is 14.2 Å². The number of nitrogens with one attached hydrogen (secondary N) is 1. The number of benzene rings is 1. The summed E-state index contributed by atoms with van der Waals surface area (Å²) in [6, 6.07) is 3.71. The van der Waals surface area contributed by atoms with E-state index in [0.717, 1.165) is 5.56 Å². The van der Waals surface area contributed by atoms with E-state index >= 15 is 0 Å². The average Bonchev–Trinajstić information content (AvgIpc) is 2.35. The van der Waals surface area contributed by atoms with Crippen molar-refractivity contribution in [1.29, 1.82) is 0 Å². The quantitative estimate of drug-likeness (QED) is 0.612. The molecule has 0 aliphatic carbocycles. The average molecular weight is 274 g/mol. The summed E-state index contributed by atoms with van der Waals surface area (Å²) in [6.07, 6.45) is 0. The molecule has 0 aliphatic rings. The lowest BCUT2D eigenvalue weighted by Gasteiger charge is -2.13. The van der Waals surface area contributed by atoms with Gasteiger partial charge < -0.3 is 14.3 Å². The minimum absolute atomic E-state index is 0.485. The summed E-state index contributed by atoms with van der Waals surface area (Å²) in [5.74, 6) is 1.65. The minimum atomic E-state index is 0.485. The molecule has 1 rings (SSSR count). The molecule has 0 bridgehead atoms. The summed E-state index contributed by atoms with van der Waals surface area (Å²) < 4.78 is 10.4. The molecule has 1 aromatic rings. The van der Waals surface area contributed by atoms with Gasteiger partial charge in [-0.15, -0.1) is 0 Å². The van der Waals surface area contributed by atoms with Crippen LogP contribution in [0.5, 0.6) is 11.5 Å². The first-order valence-corrected chi connectivity index (χ1v) is 6.22. The molecule has 0 heterocycles. The van der Waals surface area contributed by atoms with Gasteiger partial charge >= 0.3 is 0 Å². The van der Waals surface area contributed by atoms with E-state index in [1.807, 2.05) is 12.1 Å². The Morgan fingerprint density at radius 3 is 2.50 bits per heavy atom. The molecule has 5 heteroatoms. The molecule has 1 aromatic carbocycles. The molecule has 1 N–H and O–H groups in total. The fourth-order valence-electron chi connectivity index (χ4n) is 1.42. The maximum Gasteiger partial charge on any atom is 0.179 e. The van der Waals surface area contributed by atoms with Crippen LogP contribution in [-0.2, 0) is 11.4 Å². The van der Waals surface area contributed by atoms with Crippen LogP contribution in [0.4, 0.5) is 0 Å². The van der Waals surface area contributed by atoms with E-state index in [2.05, 4.69) is 19.3 Å². The molecule has 0 atom stereocenters. The van der Waals surface area contributed by atoms with E-state index < -0.39 is 0 Å². The largest absolute Gasteiger partial charge is 0.493 e. The Hall–Kier alpha value is -0.970. The zero-order chi connectivity index (χ0) is 13.5. The third kappa shape index (κ3) is 4.05. The van der Waals surface area contributed by atoms with E-state index in [4.69, 9.17) is 25.9 Å². The van der Waals surface area contributed by atoms with Crippen LogP contribution in [0.1, 0.15) is 19.4 Å². The van der Waals surface area contributed by atoms with Crippen LogP contribution in [0.15, 0.2) is 12.1 Å². The van der Waals surface area contributed by atoms with Gasteiger partial charge in [0.15, 0.2) is 11.5 Å². The second kappa shape index (κ2) is 7.46. The van der Waals surface area contributed by atoms with Gasteiger partial charge in [0.1, 0.15) is 0 Å². The summed E-state index contributed by atoms with van der Waals surface area (Å²) in [7, 11) is 3.15. The summed E-state index contributed by atoms with van der Waals surface area (Å²) in [4.78, 5) is 5.30. The number of methoxy groups -OCH3 is 2. The highest BCUT2D eigenvalue weighted by Gasteiger charge is 2.12. The van der Waals surface area contributed by atoms with Crippen molar-refractivity contribution in [2.45, 2.75) is 20.4 Å². The molecule has 18 heavy (non-hydrogen) atoms. The third-order valence-corrected chi connectivity index (χ3v) is 2.76. The molecule has 0 saturated carbocycles. The van der Waals surface area contributed by atoms with Gasteiger partial charge in [0, 0.05) is 6.54 Å². The van der Waals surface area contributed by atoms with E-state index in [-0.39, 0.29) is 0 Å². The summed E-state index contributed by atoms with van der Waals surface area (Å²) >= 11 is 6.23. The molecule has 102 valence electrons. The summed E-state index contributed by atoms with van der Waals surface area (Å²) in [5, 5.41) is 0.539. The fraction of sp³-hybridized carbons (Fsp3) is 0.538. The van der Waals surface area contributed by atoms with Crippen molar-refractivity contribution in [2.75, 3.05) is 20.8 Å². The predicted octanol–water partition coefficient (Wildman–Crippen LogP) is 3.03. The molecular weight excluding hydrogens is 254 g/mol. The number of hydrogen-bond donors (Lipinski definition) is 1. The van der Waals surface area contributed by atoms with Crippen LogP contribution in [-0.4, -0.2) is 20.8 Å². The highest BCUT2D eigenvalue weighted by atomic mass is 35.5. The van der Waals surface area contributed by atoms with Crippen LogP contribution in [0, 0.1) is 5.92 Å². The number of halogens is 1. The van der Waals surface area contributed by atoms with Gasteiger partial charge in [-0.1, -0.05) is 31.5 Å². The van der Waals surface area contributed by atoms with Crippen molar-refractivity contribution in [1.82, 2.24) is 5.48 Å². The Morgan fingerprint density at radius 2 is 1.94 bits per heavy atom. The SMILES string of the molecule is COc1ccc(CNOCC(C)C)c(Cl)c1OC. The van der Waals surface area contributed by atoms with Crippen LogP contribution in [0.25, 0.3) is 0 Å². The van der Waals surface area contributed by atoms with Crippen molar-refractivity contribution >= 4 is 11.6 Å². The molecule has 0 aliphatic heterocycles. The monoisotopic (exact) mass is 273 g/mol. The smallest absolute Gasteiger partial charge is 0.179 e. The van der Waals surface area contributed by atoms with Crippen molar-refractivity contribution in [3.8, 4) is 11.5 Å². The minimum Gasteiger partial charge on any atom is -0.493 e. The van der Waals surface area contributed by atoms with Gasteiger partial charge in [0.25, 0.3) is 0 Å². The van der Waals surface area contributed by atoms with E-state index in [0.29, 0.717) is 35.6 Å². The fourth-order valence-corrected chi connectivity index (χ4v) is 1.72. The Morgan fingerprint density at radius 1 is 1.22 bits per heavy atom. The molecule has 0 aromatic heterocycles. The second-order valence-electron chi connectivity index (χ2n) is 4.30. The van der Waals surface area contributed by atoms with Crippen LogP contribution >= 0.6 is 11.6 Å². The molecule has 0 fully saturated rings. The number of rotatable bonds is 7. The van der Waals surface area contributed by atoms with Crippen molar-refractivity contribution in [3.05, 3.63) is 22.7 Å². The van der Waals surface area contributed by atoms with Crippen LogP contribution in [0.2, 0.25) is 5.02 Å². The number of ether oxygens (including phenoxy) is 2. The van der Waals surface area contributed by atoms with Crippen molar-refractivity contribution < 1.29 is 14.3 Å². The normalized spacial score (nSPS) is 10.8. The Kier molecular flexibility index (Phi) is 6.25. The Bertz CT molecular complexity index is 383. The highest BCUT2D eigenvalue weighted by Crippen LogP contribution is 2.37. The Labute approximate surface area is 113 Å². The molecular formula is C13H20ClNO3. The van der Waals surface area contributed by atoms with E-state index in [1.165, 1.54) is 0 Å².